The minimum absolute atomic E-state index is 0.0754. The van der Waals surface area contributed by atoms with Gasteiger partial charge in [-0.25, -0.2) is 4.98 Å². The molecule has 0 saturated heterocycles. The Bertz CT molecular complexity index is 1440. The molecule has 0 bridgehead atoms. The van der Waals surface area contributed by atoms with E-state index < -0.39 is 11.7 Å². The van der Waals surface area contributed by atoms with Gasteiger partial charge in [0.15, 0.2) is 18.3 Å². The summed E-state index contributed by atoms with van der Waals surface area (Å²) in [5.41, 5.74) is 1.09. The van der Waals surface area contributed by atoms with Crippen molar-refractivity contribution in [1.82, 2.24) is 20.1 Å². The van der Waals surface area contributed by atoms with Crippen LogP contribution < -0.4 is 10.3 Å². The first kappa shape index (κ1) is 21.0. The van der Waals surface area contributed by atoms with Crippen molar-refractivity contribution in [2.24, 2.45) is 0 Å². The lowest BCUT2D eigenvalue weighted by molar-refractivity contribution is 0.0976. The first-order valence-electron chi connectivity index (χ1n) is 10.5. The Morgan fingerprint density at radius 2 is 2.06 bits per heavy atom. The van der Waals surface area contributed by atoms with Crippen molar-refractivity contribution in [1.29, 1.82) is 5.26 Å². The first-order valence-corrected chi connectivity index (χ1v) is 11.4. The maximum Gasteiger partial charge on any atom is 0.259 e. The Morgan fingerprint density at radius 1 is 1.27 bits per heavy atom. The highest BCUT2D eigenvalue weighted by Gasteiger charge is 2.27. The number of ketones is 1. The number of benzene rings is 1. The van der Waals surface area contributed by atoms with Gasteiger partial charge in [0.25, 0.3) is 5.56 Å². The van der Waals surface area contributed by atoms with Crippen LogP contribution in [-0.4, -0.2) is 25.9 Å². The minimum Gasteiger partial charge on any atom is -0.485 e. The largest absolute Gasteiger partial charge is 0.485 e. The number of rotatable bonds is 6. The number of fused-ring (bicyclic) bond motifs is 3. The molecule has 166 valence electrons. The zero-order chi connectivity index (χ0) is 22.9. The summed E-state index contributed by atoms with van der Waals surface area (Å²) in [4.78, 5) is 38.9. The molecular formula is C23H19N5O4S. The molecule has 9 nitrogen and oxygen atoms in total. The van der Waals surface area contributed by atoms with Crippen LogP contribution in [0.1, 0.15) is 57.1 Å². The smallest absolute Gasteiger partial charge is 0.259 e. The third-order valence-corrected chi connectivity index (χ3v) is 6.77. The number of Topliss-reactive ketones (excluding diaryl/α,β-unsaturated/α-hetero) is 1. The predicted molar refractivity (Wildman–Crippen MR) is 119 cm³/mol. The lowest BCUT2D eigenvalue weighted by Crippen LogP contribution is -2.20. The summed E-state index contributed by atoms with van der Waals surface area (Å²) in [5, 5.41) is 14.1. The molecule has 3 heterocycles. The molecule has 0 spiro atoms. The normalized spacial score (nSPS) is 13.9. The standard InChI is InChI=1S/C23H19N5O4S/c1-12-25-18(28-32-12)11-31-14-8-6-13(7-9-14)20(29)16(10-24)21-26-22(30)19-15-4-2-3-5-17(15)33-23(19)27-21/h6-9,16H,2-5,11H2,1H3,(H,26,27,30). The maximum absolute atomic E-state index is 13.1. The third kappa shape index (κ3) is 4.03. The molecule has 1 atom stereocenters. The number of carbonyl (C=O) groups is 1. The Labute approximate surface area is 192 Å². The summed E-state index contributed by atoms with van der Waals surface area (Å²) in [6.07, 6.45) is 3.94. The van der Waals surface area contributed by atoms with Crippen molar-refractivity contribution in [2.45, 2.75) is 45.1 Å². The third-order valence-electron chi connectivity index (χ3n) is 5.58. The second-order valence-corrected chi connectivity index (χ2v) is 8.89. The molecular weight excluding hydrogens is 442 g/mol. The van der Waals surface area contributed by atoms with E-state index >= 15 is 0 Å². The summed E-state index contributed by atoms with van der Waals surface area (Å²) >= 11 is 1.49. The van der Waals surface area contributed by atoms with E-state index in [0.29, 0.717) is 33.2 Å². The zero-order valence-corrected chi connectivity index (χ0v) is 18.6. The van der Waals surface area contributed by atoms with E-state index in [1.165, 1.54) is 16.2 Å². The topological polar surface area (TPSA) is 135 Å². The summed E-state index contributed by atoms with van der Waals surface area (Å²) in [6.45, 7) is 1.82. The van der Waals surface area contributed by atoms with E-state index in [1.807, 2.05) is 6.07 Å². The fraction of sp³-hybridized carbons (Fsp3) is 0.304. The lowest BCUT2D eigenvalue weighted by atomic mass is 9.96. The van der Waals surface area contributed by atoms with Crippen molar-refractivity contribution in [3.05, 3.63) is 68.2 Å². The molecule has 0 aliphatic heterocycles. The first-order chi connectivity index (χ1) is 16.0. The molecule has 0 saturated carbocycles. The van der Waals surface area contributed by atoms with Crippen molar-refractivity contribution in [2.75, 3.05) is 0 Å². The number of ether oxygens (including phenoxy) is 1. The predicted octanol–water partition coefficient (Wildman–Crippen LogP) is 3.62. The second kappa shape index (κ2) is 8.60. The monoisotopic (exact) mass is 461 g/mol. The Kier molecular flexibility index (Phi) is 5.48. The second-order valence-electron chi connectivity index (χ2n) is 7.81. The number of hydrogen-bond acceptors (Lipinski definition) is 9. The maximum atomic E-state index is 13.1. The number of aromatic amines is 1. The van der Waals surface area contributed by atoms with Crippen LogP contribution in [0.25, 0.3) is 10.2 Å². The van der Waals surface area contributed by atoms with Crippen LogP contribution in [0.5, 0.6) is 5.75 Å². The van der Waals surface area contributed by atoms with Crippen LogP contribution in [0.3, 0.4) is 0 Å². The van der Waals surface area contributed by atoms with Gasteiger partial charge in [0.2, 0.25) is 11.7 Å². The Morgan fingerprint density at radius 3 is 2.79 bits per heavy atom. The van der Waals surface area contributed by atoms with Crippen molar-refractivity contribution < 1.29 is 14.1 Å². The fourth-order valence-electron chi connectivity index (χ4n) is 3.99. The molecule has 1 unspecified atom stereocenters. The van der Waals surface area contributed by atoms with Gasteiger partial charge in [-0.3, -0.25) is 9.59 Å². The number of H-pyrrole nitrogens is 1. The van der Waals surface area contributed by atoms with Gasteiger partial charge in [0, 0.05) is 17.4 Å². The number of aryl methyl sites for hydroxylation is 3. The molecule has 0 radical (unpaired) electrons. The summed E-state index contributed by atoms with van der Waals surface area (Å²) in [7, 11) is 0. The van der Waals surface area contributed by atoms with E-state index in [-0.39, 0.29) is 18.0 Å². The van der Waals surface area contributed by atoms with E-state index in [4.69, 9.17) is 9.26 Å². The van der Waals surface area contributed by atoms with Crippen LogP contribution in [0.2, 0.25) is 0 Å². The van der Waals surface area contributed by atoms with Gasteiger partial charge in [-0.1, -0.05) is 5.16 Å². The number of carbonyl (C=O) groups excluding carboxylic acids is 1. The number of hydrogen-bond donors (Lipinski definition) is 1. The Hall–Kier alpha value is -3.84. The van der Waals surface area contributed by atoms with Crippen molar-refractivity contribution in [3.8, 4) is 11.8 Å². The molecule has 3 aromatic heterocycles. The van der Waals surface area contributed by atoms with Crippen molar-refractivity contribution >= 4 is 27.3 Å². The minimum atomic E-state index is -1.21. The highest BCUT2D eigenvalue weighted by atomic mass is 32.1. The van der Waals surface area contributed by atoms with E-state index in [0.717, 1.165) is 31.2 Å². The molecule has 4 aromatic rings. The summed E-state index contributed by atoms with van der Waals surface area (Å²) in [5.74, 6) is -0.203. The van der Waals surface area contributed by atoms with E-state index in [1.54, 1.807) is 31.2 Å². The highest BCUT2D eigenvalue weighted by molar-refractivity contribution is 7.18. The SMILES string of the molecule is Cc1nc(COc2ccc(C(=O)C(C#N)c3nc4sc5c(c4c(=O)[nH]3)CCCC5)cc2)no1. The number of nitrogens with zero attached hydrogens (tertiary/aromatic N) is 4. The highest BCUT2D eigenvalue weighted by Crippen LogP contribution is 2.34. The van der Waals surface area contributed by atoms with Gasteiger partial charge in [-0.15, -0.1) is 11.3 Å². The van der Waals surface area contributed by atoms with Crippen molar-refractivity contribution in [3.63, 3.8) is 0 Å². The Balaban J connectivity index is 1.37. The van der Waals surface area contributed by atoms with Crippen LogP contribution in [0.15, 0.2) is 33.6 Å². The molecule has 0 fully saturated rings. The number of aromatic nitrogens is 4. The summed E-state index contributed by atoms with van der Waals surface area (Å²) in [6, 6.07) is 8.40. The van der Waals surface area contributed by atoms with Crippen LogP contribution in [0, 0.1) is 18.3 Å². The molecule has 5 rings (SSSR count). The molecule has 1 aliphatic rings. The number of nitrogens with one attached hydrogen (secondary N) is 1. The van der Waals surface area contributed by atoms with Gasteiger partial charge in [-0.2, -0.15) is 10.2 Å². The summed E-state index contributed by atoms with van der Waals surface area (Å²) < 4.78 is 10.5. The van der Waals surface area contributed by atoms with Gasteiger partial charge in [0.05, 0.1) is 11.5 Å². The fourth-order valence-corrected chi connectivity index (χ4v) is 5.26. The zero-order valence-electron chi connectivity index (χ0n) is 17.8. The number of nitriles is 1. The molecule has 10 heteroatoms. The average molecular weight is 462 g/mol. The average Bonchev–Trinajstić information content (AvgIpc) is 3.41. The molecule has 1 aliphatic carbocycles. The van der Waals surface area contributed by atoms with Crippen LogP contribution in [-0.2, 0) is 19.4 Å². The quantitative estimate of drug-likeness (QED) is 0.430. The molecule has 33 heavy (non-hydrogen) atoms. The van der Waals surface area contributed by atoms with Gasteiger partial charge in [0.1, 0.15) is 16.4 Å². The van der Waals surface area contributed by atoms with Crippen LogP contribution in [0.4, 0.5) is 0 Å². The van der Waals surface area contributed by atoms with E-state index in [2.05, 4.69) is 20.1 Å². The van der Waals surface area contributed by atoms with Crippen LogP contribution >= 0.6 is 11.3 Å². The van der Waals surface area contributed by atoms with Gasteiger partial charge < -0.3 is 14.2 Å². The van der Waals surface area contributed by atoms with Gasteiger partial charge >= 0.3 is 0 Å². The molecule has 0 amide bonds. The van der Waals surface area contributed by atoms with Gasteiger partial charge in [-0.05, 0) is 55.5 Å². The lowest BCUT2D eigenvalue weighted by Gasteiger charge is -2.10. The number of thiophene rings is 1. The molecule has 1 N–H and O–H groups in total. The van der Waals surface area contributed by atoms with E-state index in [9.17, 15) is 14.9 Å². The molecule has 1 aromatic carbocycles.